The Balaban J connectivity index is 1.34. The number of ether oxygens (including phenoxy) is 3. The number of halogens is 3. The van der Waals surface area contributed by atoms with E-state index >= 15 is 0 Å². The van der Waals surface area contributed by atoms with Gasteiger partial charge < -0.3 is 19.5 Å². The summed E-state index contributed by atoms with van der Waals surface area (Å²) in [6, 6.07) is 14.3. The third kappa shape index (κ3) is 7.33. The summed E-state index contributed by atoms with van der Waals surface area (Å²) >= 11 is 0. The first kappa shape index (κ1) is 25.7. The molecule has 2 heterocycles. The van der Waals surface area contributed by atoms with Gasteiger partial charge >= 0.3 is 12.2 Å². The number of aromatic nitrogens is 1. The van der Waals surface area contributed by atoms with E-state index in [2.05, 4.69) is 15.3 Å². The smallest absolute Gasteiger partial charge is 0.417 e. The normalized spacial score (nSPS) is 16.0. The summed E-state index contributed by atoms with van der Waals surface area (Å²) in [4.78, 5) is 19.8. The van der Waals surface area contributed by atoms with Crippen molar-refractivity contribution in [3.8, 4) is 17.4 Å². The largest absolute Gasteiger partial charge is 0.497 e. The van der Waals surface area contributed by atoms with Gasteiger partial charge in [0.15, 0.2) is 0 Å². The predicted molar refractivity (Wildman–Crippen MR) is 132 cm³/mol. The number of methoxy groups -OCH3 is 1. The molecule has 2 amide bonds. The molecule has 37 heavy (non-hydrogen) atoms. The summed E-state index contributed by atoms with van der Waals surface area (Å²) in [5.74, 6) is 1.42. The monoisotopic (exact) mass is 511 g/mol. The van der Waals surface area contributed by atoms with E-state index in [1.54, 1.807) is 25.3 Å². The summed E-state index contributed by atoms with van der Waals surface area (Å²) in [5, 5.41) is 2.75. The van der Waals surface area contributed by atoms with Gasteiger partial charge in [-0.25, -0.2) is 9.78 Å². The van der Waals surface area contributed by atoms with Crippen LogP contribution in [0.25, 0.3) is 6.08 Å². The average Bonchev–Trinajstić information content (AvgIpc) is 2.88. The number of fused-ring (bicyclic) bond motifs is 1. The number of urea groups is 1. The van der Waals surface area contributed by atoms with Crippen molar-refractivity contribution in [3.63, 3.8) is 0 Å². The van der Waals surface area contributed by atoms with Gasteiger partial charge in [0.2, 0.25) is 11.8 Å². The lowest BCUT2D eigenvalue weighted by Gasteiger charge is -2.12. The molecule has 0 spiro atoms. The molecule has 0 saturated carbocycles. The van der Waals surface area contributed by atoms with E-state index in [1.807, 2.05) is 36.4 Å². The molecule has 1 aliphatic rings. The van der Waals surface area contributed by atoms with Crippen molar-refractivity contribution < 1.29 is 32.2 Å². The van der Waals surface area contributed by atoms with Crippen molar-refractivity contribution in [2.45, 2.75) is 19.0 Å². The molecule has 0 radical (unpaired) electrons. The number of pyridine rings is 1. The summed E-state index contributed by atoms with van der Waals surface area (Å²) in [6.07, 6.45) is 0.961. The molecule has 2 aromatic carbocycles. The fourth-order valence-corrected chi connectivity index (χ4v) is 3.54. The van der Waals surface area contributed by atoms with Crippen LogP contribution in [0, 0.1) is 0 Å². The molecule has 0 aliphatic carbocycles. The lowest BCUT2D eigenvalue weighted by Crippen LogP contribution is -2.24. The van der Waals surface area contributed by atoms with Crippen molar-refractivity contribution in [2.75, 3.05) is 20.3 Å². The number of alkyl halides is 3. The van der Waals surface area contributed by atoms with Crippen LogP contribution in [0.5, 0.6) is 17.4 Å². The van der Waals surface area contributed by atoms with Crippen LogP contribution in [0.15, 0.2) is 71.9 Å². The fourth-order valence-electron chi connectivity index (χ4n) is 3.54. The maximum atomic E-state index is 12.7. The highest BCUT2D eigenvalue weighted by molar-refractivity contribution is 5.99. The third-order valence-corrected chi connectivity index (χ3v) is 5.49. The Morgan fingerprint density at radius 1 is 1.00 bits per heavy atom. The van der Waals surface area contributed by atoms with Crippen molar-refractivity contribution in [1.82, 2.24) is 10.3 Å². The van der Waals surface area contributed by atoms with E-state index in [0.717, 1.165) is 34.7 Å². The number of nitrogens with zero attached hydrogens (tertiary/aromatic N) is 2. The number of carbonyl (C=O) groups excluding carboxylic acids is 1. The van der Waals surface area contributed by atoms with Gasteiger partial charge in [0.25, 0.3) is 0 Å². The van der Waals surface area contributed by atoms with Gasteiger partial charge in [0.1, 0.15) is 11.5 Å². The number of rotatable bonds is 6. The van der Waals surface area contributed by atoms with Gasteiger partial charge in [0.05, 0.1) is 19.3 Å². The van der Waals surface area contributed by atoms with E-state index in [9.17, 15) is 18.0 Å². The topological polar surface area (TPSA) is 82.0 Å². The Morgan fingerprint density at radius 3 is 2.49 bits per heavy atom. The molecule has 7 nitrogen and oxygen atoms in total. The van der Waals surface area contributed by atoms with Gasteiger partial charge in [-0.2, -0.15) is 18.2 Å². The Labute approximate surface area is 211 Å². The average molecular weight is 512 g/mol. The molecule has 3 aromatic rings. The molecular weight excluding hydrogens is 487 g/mol. The first-order valence-corrected chi connectivity index (χ1v) is 11.4. The maximum Gasteiger partial charge on any atom is 0.417 e. The zero-order chi connectivity index (χ0) is 26.3. The number of aliphatic imine (C=N–C) groups is 1. The number of hydrogen-bond donors (Lipinski definition) is 1. The highest BCUT2D eigenvalue weighted by atomic mass is 19.4. The van der Waals surface area contributed by atoms with Crippen molar-refractivity contribution >= 4 is 18.0 Å². The Bertz CT molecular complexity index is 1290. The quantitative estimate of drug-likeness (QED) is 0.450. The first-order chi connectivity index (χ1) is 17.8. The van der Waals surface area contributed by atoms with E-state index < -0.39 is 17.8 Å². The molecule has 1 aromatic heterocycles. The van der Waals surface area contributed by atoms with Crippen molar-refractivity contribution in [2.24, 2.45) is 4.99 Å². The van der Waals surface area contributed by atoms with Gasteiger partial charge in [-0.3, -0.25) is 0 Å². The minimum absolute atomic E-state index is 0.0585. The number of carbonyl (C=O) groups is 1. The second kappa shape index (κ2) is 11.6. The highest BCUT2D eigenvalue weighted by Crippen LogP contribution is 2.30. The lowest BCUT2D eigenvalue weighted by atomic mass is 10.0. The molecule has 4 rings (SSSR count). The van der Waals surface area contributed by atoms with Crippen LogP contribution in [0.3, 0.4) is 0 Å². The van der Waals surface area contributed by atoms with Crippen LogP contribution in [0.4, 0.5) is 18.0 Å². The van der Waals surface area contributed by atoms with Gasteiger partial charge in [0, 0.05) is 31.3 Å². The third-order valence-electron chi connectivity index (χ3n) is 5.49. The zero-order valence-electron chi connectivity index (χ0n) is 19.9. The van der Waals surface area contributed by atoms with E-state index in [0.29, 0.717) is 25.1 Å². The second-order valence-corrected chi connectivity index (χ2v) is 8.06. The summed E-state index contributed by atoms with van der Waals surface area (Å²) < 4.78 is 54.5. The number of benzene rings is 2. The predicted octanol–water partition coefficient (Wildman–Crippen LogP) is 5.84. The summed E-state index contributed by atoms with van der Waals surface area (Å²) in [5.41, 5.74) is 2.10. The van der Waals surface area contributed by atoms with Crippen molar-refractivity contribution in [3.05, 3.63) is 89.1 Å². The molecular formula is C27H24F3N3O4. The number of nitrogens with one attached hydrogen (secondary N) is 1. The van der Waals surface area contributed by atoms with Gasteiger partial charge in [-0.05, 0) is 59.5 Å². The molecule has 0 fully saturated rings. The molecule has 0 atom stereocenters. The van der Waals surface area contributed by atoms with Crippen LogP contribution in [0.2, 0.25) is 0 Å². The van der Waals surface area contributed by atoms with E-state index in [4.69, 9.17) is 14.2 Å². The first-order valence-electron chi connectivity index (χ1n) is 11.4. The summed E-state index contributed by atoms with van der Waals surface area (Å²) in [6.45, 7) is 0.701. The minimum Gasteiger partial charge on any atom is -0.497 e. The number of hydrogen-bond acceptors (Lipinski definition) is 5. The van der Waals surface area contributed by atoms with Crippen LogP contribution < -0.4 is 14.8 Å². The Hall–Kier alpha value is -4.34. The molecule has 1 aliphatic heterocycles. The Kier molecular flexibility index (Phi) is 8.07. The van der Waals surface area contributed by atoms with Crippen LogP contribution >= 0.6 is 0 Å². The van der Waals surface area contributed by atoms with Gasteiger partial charge in [-0.1, -0.05) is 18.2 Å². The van der Waals surface area contributed by atoms with Crippen LogP contribution in [-0.2, 0) is 23.8 Å². The van der Waals surface area contributed by atoms with Crippen LogP contribution in [-0.4, -0.2) is 37.2 Å². The molecule has 0 bridgehead atoms. The lowest BCUT2D eigenvalue weighted by molar-refractivity contribution is -0.137. The minimum atomic E-state index is -4.45. The Morgan fingerprint density at radius 2 is 1.78 bits per heavy atom. The maximum absolute atomic E-state index is 12.7. The van der Waals surface area contributed by atoms with Crippen molar-refractivity contribution in [1.29, 1.82) is 0 Å². The molecule has 0 saturated heterocycles. The molecule has 1 N–H and O–H groups in total. The fraction of sp³-hybridized carbons (Fsp3) is 0.222. The summed E-state index contributed by atoms with van der Waals surface area (Å²) in [7, 11) is 1.61. The van der Waals surface area contributed by atoms with E-state index in [-0.39, 0.29) is 18.4 Å². The van der Waals surface area contributed by atoms with Crippen LogP contribution in [0.1, 0.15) is 22.3 Å². The SMILES string of the molecule is COc1ccc2c(c1)CCNC(=O)/N=C(OCCc1ccc(Oc3ccc(C(F)(F)F)cn3)cc1)\C=C\2. The van der Waals surface area contributed by atoms with E-state index in [1.165, 1.54) is 6.07 Å². The van der Waals surface area contributed by atoms with Gasteiger partial charge in [-0.15, -0.1) is 0 Å². The zero-order valence-corrected chi connectivity index (χ0v) is 19.9. The second-order valence-electron chi connectivity index (χ2n) is 8.06. The highest BCUT2D eigenvalue weighted by Gasteiger charge is 2.30. The number of amides is 2. The molecule has 192 valence electrons. The molecule has 10 heteroatoms. The molecule has 0 unspecified atom stereocenters. The standard InChI is InChI=1S/C27H24F3N3O4/c1-35-23-9-4-19-5-10-25(33-26(34)31-14-12-20(19)16-23)36-15-13-18-2-7-22(8-3-18)37-24-11-6-21(17-32-24)27(28,29)30/h2-11,16-17H,12-15H2,1H3,(H,31,34)/b10-5+,33-25+.